The van der Waals surface area contributed by atoms with E-state index in [1.807, 2.05) is 0 Å². The first-order valence-corrected chi connectivity index (χ1v) is 7.63. The molecule has 1 aliphatic heterocycles. The van der Waals surface area contributed by atoms with E-state index in [2.05, 4.69) is 10.6 Å². The molecule has 18 heavy (non-hydrogen) atoms. The van der Waals surface area contributed by atoms with Crippen LogP contribution >= 0.6 is 0 Å². The van der Waals surface area contributed by atoms with Crippen molar-refractivity contribution in [3.8, 4) is 0 Å². The molecule has 0 aromatic rings. The highest BCUT2D eigenvalue weighted by Gasteiger charge is 2.28. The molecule has 1 fully saturated rings. The fourth-order valence-corrected chi connectivity index (χ4v) is 3.68. The van der Waals surface area contributed by atoms with Crippen LogP contribution in [-0.2, 0) is 14.6 Å². The molecule has 0 aliphatic carbocycles. The lowest BCUT2D eigenvalue weighted by Crippen LogP contribution is -2.46. The molecule has 3 N–H and O–H groups in total. The van der Waals surface area contributed by atoms with E-state index in [0.717, 1.165) is 0 Å². The minimum atomic E-state index is -2.95. The number of hydrogen-bond acceptors (Lipinski definition) is 4. The van der Waals surface area contributed by atoms with Crippen LogP contribution in [0, 0.1) is 5.92 Å². The van der Waals surface area contributed by atoms with Crippen LogP contribution in [0.5, 0.6) is 0 Å². The maximum absolute atomic E-state index is 11.4. The van der Waals surface area contributed by atoms with Crippen molar-refractivity contribution in [3.63, 3.8) is 0 Å². The van der Waals surface area contributed by atoms with E-state index in [1.54, 1.807) is 6.92 Å². The lowest BCUT2D eigenvalue weighted by atomic mass is 10.1. The summed E-state index contributed by atoms with van der Waals surface area (Å²) in [6.45, 7) is 1.91. The molecule has 1 heterocycles. The molecule has 0 bridgehead atoms. The first-order valence-electron chi connectivity index (χ1n) is 5.81. The van der Waals surface area contributed by atoms with Gasteiger partial charge in [0.05, 0.1) is 11.5 Å². The van der Waals surface area contributed by atoms with Crippen LogP contribution in [0.25, 0.3) is 0 Å². The number of aliphatic carboxylic acids is 1. The van der Waals surface area contributed by atoms with Crippen LogP contribution in [0.15, 0.2) is 0 Å². The van der Waals surface area contributed by atoms with Crippen LogP contribution in [0.2, 0.25) is 0 Å². The summed E-state index contributed by atoms with van der Waals surface area (Å²) in [5.41, 5.74) is 0. The fourth-order valence-electron chi connectivity index (χ4n) is 1.82. The SMILES string of the molecule is CCC(NC(=O)NCC1CCS(=O)(=O)C1)C(=O)O. The van der Waals surface area contributed by atoms with Crippen LogP contribution < -0.4 is 10.6 Å². The van der Waals surface area contributed by atoms with E-state index < -0.39 is 27.9 Å². The third kappa shape index (κ3) is 4.52. The Morgan fingerprint density at radius 2 is 2.11 bits per heavy atom. The number of carbonyl (C=O) groups is 2. The molecule has 2 amide bonds. The normalized spacial score (nSPS) is 23.3. The first-order chi connectivity index (χ1) is 8.34. The van der Waals surface area contributed by atoms with Crippen LogP contribution in [-0.4, -0.2) is 49.6 Å². The highest BCUT2D eigenvalue weighted by Crippen LogP contribution is 2.17. The van der Waals surface area contributed by atoms with Crippen LogP contribution in [0.4, 0.5) is 4.79 Å². The lowest BCUT2D eigenvalue weighted by Gasteiger charge is -2.14. The summed E-state index contributed by atoms with van der Waals surface area (Å²) in [4.78, 5) is 22.1. The van der Waals surface area contributed by atoms with Gasteiger partial charge in [-0.1, -0.05) is 6.92 Å². The van der Waals surface area contributed by atoms with Crippen molar-refractivity contribution in [1.29, 1.82) is 0 Å². The van der Waals surface area contributed by atoms with E-state index in [1.165, 1.54) is 0 Å². The van der Waals surface area contributed by atoms with Gasteiger partial charge in [-0.3, -0.25) is 0 Å². The Bertz CT molecular complexity index is 420. The van der Waals surface area contributed by atoms with Gasteiger partial charge in [-0.05, 0) is 18.8 Å². The van der Waals surface area contributed by atoms with Gasteiger partial charge < -0.3 is 15.7 Å². The maximum Gasteiger partial charge on any atom is 0.326 e. The quantitative estimate of drug-likeness (QED) is 0.632. The second kappa shape index (κ2) is 6.03. The van der Waals surface area contributed by atoms with Crippen LogP contribution in [0.1, 0.15) is 19.8 Å². The second-order valence-corrected chi connectivity index (χ2v) is 6.65. The van der Waals surface area contributed by atoms with Crippen molar-refractivity contribution in [1.82, 2.24) is 10.6 Å². The van der Waals surface area contributed by atoms with Crippen molar-refractivity contribution < 1.29 is 23.1 Å². The largest absolute Gasteiger partial charge is 0.480 e. The van der Waals surface area contributed by atoms with E-state index >= 15 is 0 Å². The van der Waals surface area contributed by atoms with Crippen molar-refractivity contribution in [2.24, 2.45) is 5.92 Å². The molecule has 7 nitrogen and oxygen atoms in total. The standard InChI is InChI=1S/C10H18N2O5S/c1-2-8(9(13)14)12-10(15)11-5-7-3-4-18(16,17)6-7/h7-8H,2-6H2,1H3,(H,13,14)(H2,11,12,15). The van der Waals surface area contributed by atoms with Gasteiger partial charge in [0.25, 0.3) is 0 Å². The highest BCUT2D eigenvalue weighted by molar-refractivity contribution is 7.91. The molecule has 0 radical (unpaired) electrons. The zero-order valence-corrected chi connectivity index (χ0v) is 11.0. The number of nitrogens with one attached hydrogen (secondary N) is 2. The number of urea groups is 1. The van der Waals surface area contributed by atoms with Gasteiger partial charge in [-0.2, -0.15) is 0 Å². The van der Waals surface area contributed by atoms with E-state index in [0.29, 0.717) is 12.8 Å². The Balaban J connectivity index is 2.32. The fraction of sp³-hybridized carbons (Fsp3) is 0.800. The van der Waals surface area contributed by atoms with Crippen LogP contribution in [0.3, 0.4) is 0 Å². The van der Waals surface area contributed by atoms with E-state index in [4.69, 9.17) is 5.11 Å². The molecule has 0 aromatic carbocycles. The Morgan fingerprint density at radius 1 is 1.44 bits per heavy atom. The van der Waals surface area contributed by atoms with Gasteiger partial charge in [0, 0.05) is 6.54 Å². The average Bonchev–Trinajstić information content (AvgIpc) is 2.62. The number of carboxylic acid groups (broad SMARTS) is 1. The summed E-state index contributed by atoms with van der Waals surface area (Å²) in [7, 11) is -2.95. The third-order valence-electron chi connectivity index (χ3n) is 2.89. The van der Waals surface area contributed by atoms with Crippen molar-refractivity contribution in [2.75, 3.05) is 18.1 Å². The number of hydrogen-bond donors (Lipinski definition) is 3. The average molecular weight is 278 g/mol. The summed E-state index contributed by atoms with van der Waals surface area (Å²) in [5.74, 6) is -0.918. The van der Waals surface area contributed by atoms with Gasteiger partial charge >= 0.3 is 12.0 Å². The number of sulfone groups is 1. The predicted molar refractivity (Wildman–Crippen MR) is 65.0 cm³/mol. The number of amides is 2. The molecule has 1 rings (SSSR count). The molecule has 1 saturated heterocycles. The Morgan fingerprint density at radius 3 is 2.56 bits per heavy atom. The second-order valence-electron chi connectivity index (χ2n) is 4.42. The van der Waals surface area contributed by atoms with E-state index in [-0.39, 0.29) is 24.0 Å². The topological polar surface area (TPSA) is 113 Å². The van der Waals surface area contributed by atoms with Crippen molar-refractivity contribution in [3.05, 3.63) is 0 Å². The minimum Gasteiger partial charge on any atom is -0.480 e. The van der Waals surface area contributed by atoms with Crippen molar-refractivity contribution >= 4 is 21.8 Å². The maximum atomic E-state index is 11.4. The lowest BCUT2D eigenvalue weighted by molar-refractivity contribution is -0.139. The Labute approximate surface area is 106 Å². The summed E-state index contributed by atoms with van der Waals surface area (Å²) >= 11 is 0. The van der Waals surface area contributed by atoms with Gasteiger partial charge in [0.1, 0.15) is 6.04 Å². The summed E-state index contributed by atoms with van der Waals surface area (Å²) < 4.78 is 22.4. The molecule has 0 spiro atoms. The molecule has 8 heteroatoms. The molecular weight excluding hydrogens is 260 g/mol. The van der Waals surface area contributed by atoms with Gasteiger partial charge in [-0.15, -0.1) is 0 Å². The third-order valence-corrected chi connectivity index (χ3v) is 4.73. The number of rotatable bonds is 5. The smallest absolute Gasteiger partial charge is 0.326 e. The molecule has 2 atom stereocenters. The zero-order valence-electron chi connectivity index (χ0n) is 10.2. The number of carboxylic acids is 1. The molecule has 0 aromatic heterocycles. The van der Waals surface area contributed by atoms with Gasteiger partial charge in [-0.25, -0.2) is 18.0 Å². The molecule has 1 aliphatic rings. The first kappa shape index (κ1) is 14.7. The summed E-state index contributed by atoms with van der Waals surface area (Å²) in [5, 5.41) is 13.6. The summed E-state index contributed by atoms with van der Waals surface area (Å²) in [6.07, 6.45) is 0.833. The molecular formula is C10H18N2O5S. The molecule has 2 unspecified atom stereocenters. The molecule has 0 saturated carbocycles. The number of carbonyl (C=O) groups excluding carboxylic acids is 1. The van der Waals surface area contributed by atoms with E-state index in [9.17, 15) is 18.0 Å². The van der Waals surface area contributed by atoms with Gasteiger partial charge in [0.2, 0.25) is 0 Å². The van der Waals surface area contributed by atoms with Crippen molar-refractivity contribution in [2.45, 2.75) is 25.8 Å². The Hall–Kier alpha value is -1.31. The summed E-state index contributed by atoms with van der Waals surface area (Å²) in [6, 6.07) is -1.49. The minimum absolute atomic E-state index is 0.0781. The zero-order chi connectivity index (χ0) is 13.8. The van der Waals surface area contributed by atoms with Gasteiger partial charge in [0.15, 0.2) is 9.84 Å². The highest BCUT2D eigenvalue weighted by atomic mass is 32.2. The Kier molecular flexibility index (Phi) is 4.94. The molecule has 104 valence electrons. The monoisotopic (exact) mass is 278 g/mol. The predicted octanol–water partition coefficient (Wildman–Crippen LogP) is -0.416.